The van der Waals surface area contributed by atoms with Crippen molar-refractivity contribution in [3.63, 3.8) is 0 Å². The summed E-state index contributed by atoms with van der Waals surface area (Å²) in [5.41, 5.74) is 14.3. The number of pyridine rings is 1. The molecule has 140 valence electrons. The number of piperazine rings is 1. The molecule has 0 unspecified atom stereocenters. The molecule has 1 aliphatic rings. The first-order valence-corrected chi connectivity index (χ1v) is 9.51. The molecule has 1 fully saturated rings. The fourth-order valence-corrected chi connectivity index (χ4v) is 4.42. The molecule has 1 aromatic carbocycles. The van der Waals surface area contributed by atoms with Gasteiger partial charge >= 0.3 is 0 Å². The van der Waals surface area contributed by atoms with E-state index in [9.17, 15) is 4.79 Å². The fourth-order valence-electron chi connectivity index (χ4n) is 3.49. The number of methoxy groups -OCH3 is 1. The minimum absolute atomic E-state index is 0.375. The predicted molar refractivity (Wildman–Crippen MR) is 110 cm³/mol. The van der Waals surface area contributed by atoms with Gasteiger partial charge in [-0.2, -0.15) is 0 Å². The Labute approximate surface area is 161 Å². The Bertz CT molecular complexity index is 995. The third-order valence-corrected chi connectivity index (χ3v) is 6.00. The van der Waals surface area contributed by atoms with Gasteiger partial charge in [0.1, 0.15) is 15.5 Å². The molecule has 0 saturated carbocycles. The number of rotatable bonds is 4. The number of fused-ring (bicyclic) bond motifs is 1. The number of ether oxygens (including phenoxy) is 1. The lowest BCUT2D eigenvalue weighted by Gasteiger charge is -2.37. The van der Waals surface area contributed by atoms with Crippen LogP contribution in [0.3, 0.4) is 0 Å². The van der Waals surface area contributed by atoms with Crippen LogP contribution in [0.15, 0.2) is 36.5 Å². The number of primary amides is 1. The lowest BCUT2D eigenvalue weighted by atomic mass is 10.1. The number of nitrogens with zero attached hydrogens (tertiary/aromatic N) is 3. The average Bonchev–Trinajstić information content (AvgIpc) is 3.05. The maximum absolute atomic E-state index is 11.6. The third-order valence-electron chi connectivity index (χ3n) is 4.87. The Balaban J connectivity index is 1.59. The molecule has 4 N–H and O–H groups in total. The molecule has 4 rings (SSSR count). The monoisotopic (exact) mass is 383 g/mol. The molecule has 0 aliphatic carbocycles. The van der Waals surface area contributed by atoms with E-state index in [0.29, 0.717) is 10.6 Å². The van der Waals surface area contributed by atoms with E-state index in [4.69, 9.17) is 16.2 Å². The van der Waals surface area contributed by atoms with E-state index >= 15 is 0 Å². The molecule has 1 amide bonds. The van der Waals surface area contributed by atoms with Gasteiger partial charge in [-0.3, -0.25) is 4.79 Å². The summed E-state index contributed by atoms with van der Waals surface area (Å²) >= 11 is 1.25. The number of carbonyl (C=O) groups is 1. The molecule has 0 atom stereocenters. The second kappa shape index (κ2) is 6.96. The number of nitrogens with two attached hydrogens (primary N) is 2. The maximum atomic E-state index is 11.6. The quantitative estimate of drug-likeness (QED) is 0.717. The molecule has 1 saturated heterocycles. The number of carbonyl (C=O) groups excluding carboxylic acids is 1. The lowest BCUT2D eigenvalue weighted by molar-refractivity contribution is 0.100. The molecule has 0 radical (unpaired) electrons. The van der Waals surface area contributed by atoms with Gasteiger partial charge in [0.05, 0.1) is 23.9 Å². The van der Waals surface area contributed by atoms with Gasteiger partial charge in [0.15, 0.2) is 0 Å². The van der Waals surface area contributed by atoms with Crippen LogP contribution in [-0.2, 0) is 0 Å². The number of hydrogen-bond acceptors (Lipinski definition) is 7. The Kier molecular flexibility index (Phi) is 4.49. The van der Waals surface area contributed by atoms with Crippen LogP contribution < -0.4 is 26.0 Å². The molecular formula is C19H21N5O2S. The Morgan fingerprint density at radius 1 is 1.19 bits per heavy atom. The van der Waals surface area contributed by atoms with Crippen LogP contribution in [0, 0.1) is 0 Å². The number of amides is 1. The van der Waals surface area contributed by atoms with Crippen molar-refractivity contribution >= 4 is 44.5 Å². The number of anilines is 3. The Morgan fingerprint density at radius 3 is 2.63 bits per heavy atom. The molecule has 3 heterocycles. The second-order valence-electron chi connectivity index (χ2n) is 6.39. The largest absolute Gasteiger partial charge is 0.497 e. The minimum Gasteiger partial charge on any atom is -0.497 e. The number of aromatic nitrogens is 1. The van der Waals surface area contributed by atoms with Gasteiger partial charge in [0, 0.05) is 44.1 Å². The van der Waals surface area contributed by atoms with E-state index in [2.05, 4.69) is 26.9 Å². The van der Waals surface area contributed by atoms with Crippen LogP contribution in [0.1, 0.15) is 9.67 Å². The predicted octanol–water partition coefficient (Wildman–Crippen LogP) is 2.31. The molecule has 2 aromatic heterocycles. The highest BCUT2D eigenvalue weighted by Gasteiger charge is 2.23. The van der Waals surface area contributed by atoms with E-state index < -0.39 is 5.91 Å². The molecule has 7 nitrogen and oxygen atoms in total. The van der Waals surface area contributed by atoms with Gasteiger partial charge in [-0.1, -0.05) is 6.07 Å². The average molecular weight is 383 g/mol. The van der Waals surface area contributed by atoms with Gasteiger partial charge in [-0.25, -0.2) is 4.98 Å². The first-order valence-electron chi connectivity index (χ1n) is 8.69. The fraction of sp³-hybridized carbons (Fsp3) is 0.263. The van der Waals surface area contributed by atoms with Crippen molar-refractivity contribution in [3.05, 3.63) is 41.4 Å². The van der Waals surface area contributed by atoms with Gasteiger partial charge in [0.25, 0.3) is 5.91 Å². The summed E-state index contributed by atoms with van der Waals surface area (Å²) in [7, 11) is 1.68. The molecule has 0 bridgehead atoms. The Morgan fingerprint density at radius 2 is 1.93 bits per heavy atom. The zero-order valence-corrected chi connectivity index (χ0v) is 15.8. The zero-order valence-electron chi connectivity index (χ0n) is 15.0. The summed E-state index contributed by atoms with van der Waals surface area (Å²) in [4.78, 5) is 21.7. The molecule has 1 aliphatic heterocycles. The summed E-state index contributed by atoms with van der Waals surface area (Å²) in [5.74, 6) is 0.347. The summed E-state index contributed by atoms with van der Waals surface area (Å²) in [6, 6.07) is 10.1. The van der Waals surface area contributed by atoms with Gasteiger partial charge in [-0.05, 0) is 18.2 Å². The number of thiophene rings is 1. The van der Waals surface area contributed by atoms with E-state index in [1.165, 1.54) is 11.3 Å². The van der Waals surface area contributed by atoms with E-state index in [-0.39, 0.29) is 0 Å². The van der Waals surface area contributed by atoms with Crippen LogP contribution >= 0.6 is 11.3 Å². The molecule has 3 aromatic rings. The summed E-state index contributed by atoms with van der Waals surface area (Å²) in [5, 5.41) is 0.825. The Hall–Kier alpha value is -3.00. The van der Waals surface area contributed by atoms with Crippen molar-refractivity contribution in [1.82, 2.24) is 4.98 Å². The second-order valence-corrected chi connectivity index (χ2v) is 7.39. The SMILES string of the molecule is COc1cccc(N2CCN(c3ccnc4sc(C(N)=O)c(N)c34)CC2)c1. The summed E-state index contributed by atoms with van der Waals surface area (Å²) in [6.45, 7) is 3.45. The summed E-state index contributed by atoms with van der Waals surface area (Å²) in [6.07, 6.45) is 1.76. The summed E-state index contributed by atoms with van der Waals surface area (Å²) < 4.78 is 5.32. The van der Waals surface area contributed by atoms with Crippen LogP contribution in [0.5, 0.6) is 5.75 Å². The number of nitrogen functional groups attached to an aromatic ring is 1. The van der Waals surface area contributed by atoms with Crippen LogP contribution in [0.25, 0.3) is 10.2 Å². The highest BCUT2D eigenvalue weighted by Crippen LogP contribution is 2.38. The zero-order chi connectivity index (χ0) is 19.0. The van der Waals surface area contributed by atoms with Gasteiger partial charge in [-0.15, -0.1) is 11.3 Å². The first kappa shape index (κ1) is 17.4. The van der Waals surface area contributed by atoms with Crippen molar-refractivity contribution < 1.29 is 9.53 Å². The normalized spacial score (nSPS) is 14.6. The van der Waals surface area contributed by atoms with Crippen molar-refractivity contribution in [2.75, 3.05) is 48.8 Å². The first-order chi connectivity index (χ1) is 13.1. The molecule has 27 heavy (non-hydrogen) atoms. The van der Waals surface area contributed by atoms with E-state index in [1.54, 1.807) is 13.3 Å². The minimum atomic E-state index is -0.510. The maximum Gasteiger partial charge on any atom is 0.260 e. The van der Waals surface area contributed by atoms with E-state index in [1.807, 2.05) is 18.2 Å². The highest BCUT2D eigenvalue weighted by atomic mass is 32.1. The van der Waals surface area contributed by atoms with Gasteiger partial charge in [0.2, 0.25) is 0 Å². The smallest absolute Gasteiger partial charge is 0.260 e. The number of benzene rings is 1. The van der Waals surface area contributed by atoms with Crippen molar-refractivity contribution in [2.45, 2.75) is 0 Å². The lowest BCUT2D eigenvalue weighted by Crippen LogP contribution is -2.46. The third kappa shape index (κ3) is 3.12. The van der Waals surface area contributed by atoms with Crippen molar-refractivity contribution in [1.29, 1.82) is 0 Å². The van der Waals surface area contributed by atoms with Crippen molar-refractivity contribution in [2.24, 2.45) is 5.73 Å². The van der Waals surface area contributed by atoms with E-state index in [0.717, 1.165) is 53.5 Å². The van der Waals surface area contributed by atoms with Crippen molar-refractivity contribution in [3.8, 4) is 5.75 Å². The van der Waals surface area contributed by atoms with Crippen LogP contribution in [0.2, 0.25) is 0 Å². The van der Waals surface area contributed by atoms with Crippen LogP contribution in [-0.4, -0.2) is 44.2 Å². The van der Waals surface area contributed by atoms with Crippen LogP contribution in [0.4, 0.5) is 17.1 Å². The topological polar surface area (TPSA) is 97.7 Å². The number of hydrogen-bond donors (Lipinski definition) is 2. The highest BCUT2D eigenvalue weighted by molar-refractivity contribution is 7.21. The molecule has 8 heteroatoms. The molecule has 0 spiro atoms. The van der Waals surface area contributed by atoms with Gasteiger partial charge < -0.3 is 26.0 Å². The standard InChI is InChI=1S/C19H21N5O2S/c1-26-13-4-2-3-12(11-13)23-7-9-24(10-8-23)14-5-6-22-19-15(14)16(20)17(27-19)18(21)25/h2-6,11H,7-10,20H2,1H3,(H2,21,25). The molecular weight excluding hydrogens is 362 g/mol.